The van der Waals surface area contributed by atoms with E-state index < -0.39 is 0 Å². The maximum atomic E-state index is 5.27. The normalized spacial score (nSPS) is 10.1. The van der Waals surface area contributed by atoms with Gasteiger partial charge in [-0.05, 0) is 12.1 Å². The highest BCUT2D eigenvalue weighted by atomic mass is 16.5. The highest BCUT2D eigenvalue weighted by Gasteiger charge is 1.88. The Morgan fingerprint density at radius 2 is 2.08 bits per heavy atom. The summed E-state index contributed by atoms with van der Waals surface area (Å²) in [5.41, 5.74) is 0.845. The van der Waals surface area contributed by atoms with Crippen LogP contribution in [0.4, 0.5) is 0 Å². The second-order valence-electron chi connectivity index (χ2n) is 2.66. The van der Waals surface area contributed by atoms with Gasteiger partial charge >= 0.3 is 0 Å². The summed E-state index contributed by atoms with van der Waals surface area (Å²) in [5.74, 6) is 0. The first-order valence-electron chi connectivity index (χ1n) is 3.79. The SMILES string of the molecule is Cn1ccc2ccccc2o[nH]1. The first kappa shape index (κ1) is 7.03. The van der Waals surface area contributed by atoms with Crippen LogP contribution in [0.25, 0.3) is 11.0 Å². The maximum absolute atomic E-state index is 5.27. The predicted octanol–water partition coefficient (Wildman–Crippen LogP) is 2.22. The van der Waals surface area contributed by atoms with Crippen LogP contribution in [0, 0.1) is 0 Å². The van der Waals surface area contributed by atoms with E-state index in [9.17, 15) is 0 Å². The van der Waals surface area contributed by atoms with Crippen LogP contribution in [0.1, 0.15) is 0 Å². The third-order valence-electron chi connectivity index (χ3n) is 1.70. The van der Waals surface area contributed by atoms with Gasteiger partial charge in [-0.3, -0.25) is 4.68 Å². The standard InChI is InChI=1S/C9H10N2O/c1-11-7-6-8-4-2-3-5-9(8)12-10-11/h2-7,10H,1H3. The predicted molar refractivity (Wildman–Crippen MR) is 47.2 cm³/mol. The zero-order chi connectivity index (χ0) is 8.39. The molecule has 3 heteroatoms. The van der Waals surface area contributed by atoms with Gasteiger partial charge in [0.25, 0.3) is 0 Å². The van der Waals surface area contributed by atoms with Crippen LogP contribution in [-0.2, 0) is 7.05 Å². The van der Waals surface area contributed by atoms with Crippen molar-refractivity contribution in [3.8, 4) is 0 Å². The monoisotopic (exact) mass is 162 g/mol. The lowest BCUT2D eigenvalue weighted by Crippen LogP contribution is -1.87. The molecule has 1 aromatic carbocycles. The van der Waals surface area contributed by atoms with Crippen LogP contribution >= 0.6 is 0 Å². The molecule has 12 heavy (non-hydrogen) atoms. The summed E-state index contributed by atoms with van der Waals surface area (Å²) in [6, 6.07) is 9.85. The maximum Gasteiger partial charge on any atom is 0.164 e. The van der Waals surface area contributed by atoms with Gasteiger partial charge in [0.05, 0.1) is 0 Å². The minimum Gasteiger partial charge on any atom is -0.366 e. The molecule has 0 radical (unpaired) electrons. The van der Waals surface area contributed by atoms with Crippen molar-refractivity contribution in [3.63, 3.8) is 0 Å². The number of aromatic amines is 1. The van der Waals surface area contributed by atoms with Gasteiger partial charge in [-0.2, -0.15) is 5.27 Å². The smallest absolute Gasteiger partial charge is 0.164 e. The number of aryl methyl sites for hydroxylation is 1. The lowest BCUT2D eigenvalue weighted by Gasteiger charge is -1.87. The van der Waals surface area contributed by atoms with Crippen LogP contribution in [0.2, 0.25) is 0 Å². The van der Waals surface area contributed by atoms with Crippen molar-refractivity contribution in [1.82, 2.24) is 9.95 Å². The minimum absolute atomic E-state index is 0.845. The molecule has 2 rings (SSSR count). The van der Waals surface area contributed by atoms with Crippen molar-refractivity contribution in [2.24, 2.45) is 7.05 Å². The van der Waals surface area contributed by atoms with Gasteiger partial charge in [0.2, 0.25) is 0 Å². The number of hydrogen-bond donors (Lipinski definition) is 1. The lowest BCUT2D eigenvalue weighted by molar-refractivity contribution is 0.360. The highest BCUT2D eigenvalue weighted by molar-refractivity contribution is 5.74. The Morgan fingerprint density at radius 3 is 3.00 bits per heavy atom. The highest BCUT2D eigenvalue weighted by Crippen LogP contribution is 2.08. The van der Waals surface area contributed by atoms with Crippen molar-refractivity contribution in [2.75, 3.05) is 0 Å². The van der Waals surface area contributed by atoms with Crippen LogP contribution in [0.5, 0.6) is 0 Å². The van der Waals surface area contributed by atoms with E-state index in [1.165, 1.54) is 0 Å². The summed E-state index contributed by atoms with van der Waals surface area (Å²) in [6.45, 7) is 0. The summed E-state index contributed by atoms with van der Waals surface area (Å²) >= 11 is 0. The molecule has 1 aromatic heterocycles. The molecule has 0 spiro atoms. The molecule has 0 atom stereocenters. The fourth-order valence-electron chi connectivity index (χ4n) is 1.05. The molecule has 1 N–H and O–H groups in total. The van der Waals surface area contributed by atoms with Crippen LogP contribution in [-0.4, -0.2) is 9.95 Å². The van der Waals surface area contributed by atoms with E-state index in [1.807, 2.05) is 43.6 Å². The van der Waals surface area contributed by atoms with Crippen molar-refractivity contribution < 1.29 is 4.52 Å². The average molecular weight is 162 g/mol. The number of nitrogens with one attached hydrogen (secondary N) is 1. The quantitative estimate of drug-likeness (QED) is 0.633. The third-order valence-corrected chi connectivity index (χ3v) is 1.70. The van der Waals surface area contributed by atoms with Crippen molar-refractivity contribution in [2.45, 2.75) is 0 Å². The van der Waals surface area contributed by atoms with E-state index in [0.29, 0.717) is 0 Å². The molecule has 1 heterocycles. The number of nitrogens with zero attached hydrogens (tertiary/aromatic N) is 1. The molecule has 2 aromatic rings. The molecule has 0 saturated carbocycles. The molecular formula is C9H10N2O. The summed E-state index contributed by atoms with van der Waals surface area (Å²) in [5, 5.41) is 3.83. The second kappa shape index (κ2) is 2.77. The Kier molecular flexibility index (Phi) is 1.63. The largest absolute Gasteiger partial charge is 0.366 e. The molecule has 0 amide bonds. The molecule has 0 saturated heterocycles. The van der Waals surface area contributed by atoms with Crippen LogP contribution in [0.15, 0.2) is 41.1 Å². The molecule has 0 fully saturated rings. The van der Waals surface area contributed by atoms with Gasteiger partial charge in [-0.15, -0.1) is 0 Å². The van der Waals surface area contributed by atoms with E-state index in [1.54, 1.807) is 4.68 Å². The molecule has 0 aliphatic rings. The summed E-state index contributed by atoms with van der Waals surface area (Å²) < 4.78 is 7.02. The number of hydrogen-bond acceptors (Lipinski definition) is 1. The number of rotatable bonds is 0. The lowest BCUT2D eigenvalue weighted by atomic mass is 10.2. The van der Waals surface area contributed by atoms with Crippen molar-refractivity contribution in [1.29, 1.82) is 0 Å². The van der Waals surface area contributed by atoms with Gasteiger partial charge in [0.15, 0.2) is 5.58 Å². The summed E-state index contributed by atoms with van der Waals surface area (Å²) in [7, 11) is 1.88. The fraction of sp³-hybridized carbons (Fsp3) is 0.111. The number of para-hydroxylation sites is 1. The van der Waals surface area contributed by atoms with Crippen LogP contribution < -0.4 is 0 Å². The van der Waals surface area contributed by atoms with Gasteiger partial charge in [0, 0.05) is 18.6 Å². The average Bonchev–Trinajstić information content (AvgIpc) is 2.29. The topological polar surface area (TPSA) is 33.9 Å². The van der Waals surface area contributed by atoms with E-state index in [2.05, 4.69) is 5.27 Å². The Labute approximate surface area is 69.9 Å². The van der Waals surface area contributed by atoms with E-state index in [4.69, 9.17) is 4.52 Å². The number of H-pyrrole nitrogens is 1. The molecule has 0 bridgehead atoms. The van der Waals surface area contributed by atoms with Gasteiger partial charge in [-0.1, -0.05) is 18.2 Å². The second-order valence-corrected chi connectivity index (χ2v) is 2.66. The Bertz CT molecular complexity index is 382. The molecule has 0 aliphatic carbocycles. The van der Waals surface area contributed by atoms with Crippen LogP contribution in [0.3, 0.4) is 0 Å². The van der Waals surface area contributed by atoms with Crippen molar-refractivity contribution in [3.05, 3.63) is 36.5 Å². The molecule has 0 aliphatic heterocycles. The molecule has 62 valence electrons. The Morgan fingerprint density at radius 1 is 1.25 bits per heavy atom. The Hall–Kier alpha value is -1.64. The van der Waals surface area contributed by atoms with Crippen molar-refractivity contribution >= 4 is 11.0 Å². The zero-order valence-corrected chi connectivity index (χ0v) is 6.82. The number of fused-ring (bicyclic) bond motifs is 1. The molecule has 3 nitrogen and oxygen atoms in total. The van der Waals surface area contributed by atoms with Gasteiger partial charge in [0.1, 0.15) is 0 Å². The molecule has 0 unspecified atom stereocenters. The van der Waals surface area contributed by atoms with Gasteiger partial charge in [-0.25, -0.2) is 0 Å². The van der Waals surface area contributed by atoms with E-state index in [-0.39, 0.29) is 0 Å². The summed E-state index contributed by atoms with van der Waals surface area (Å²) in [4.78, 5) is 0. The third kappa shape index (κ3) is 1.21. The first-order chi connectivity index (χ1) is 5.86. The zero-order valence-electron chi connectivity index (χ0n) is 6.82. The fourth-order valence-corrected chi connectivity index (χ4v) is 1.05. The minimum atomic E-state index is 0.845. The first-order valence-corrected chi connectivity index (χ1v) is 3.79. The van der Waals surface area contributed by atoms with Gasteiger partial charge < -0.3 is 4.52 Å². The molecular weight excluding hydrogens is 152 g/mol. The summed E-state index contributed by atoms with van der Waals surface area (Å²) in [6.07, 6.45) is 1.91. The number of aromatic nitrogens is 2. The van der Waals surface area contributed by atoms with E-state index in [0.717, 1.165) is 11.0 Å². The van der Waals surface area contributed by atoms with E-state index >= 15 is 0 Å². The Balaban J connectivity index is 2.85. The number of benzene rings is 1.